The van der Waals surface area contributed by atoms with Gasteiger partial charge in [-0.15, -0.1) is 0 Å². The SMILES string of the molecule is CCC(N)C(c1cccc(Cl)c1)N1CCC(C(C)C)C1. The molecule has 112 valence electrons. The summed E-state index contributed by atoms with van der Waals surface area (Å²) in [4.78, 5) is 2.56. The fourth-order valence-corrected chi connectivity index (χ4v) is 3.45. The number of nitrogens with two attached hydrogens (primary N) is 1. The molecule has 1 aromatic carbocycles. The Morgan fingerprint density at radius 1 is 1.40 bits per heavy atom. The lowest BCUT2D eigenvalue weighted by Crippen LogP contribution is -2.40. The van der Waals surface area contributed by atoms with Crippen LogP contribution in [0.2, 0.25) is 5.02 Å². The Balaban J connectivity index is 2.21. The van der Waals surface area contributed by atoms with Crippen molar-refractivity contribution in [3.05, 3.63) is 34.9 Å². The van der Waals surface area contributed by atoms with Gasteiger partial charge in [0.25, 0.3) is 0 Å². The second-order valence-electron chi connectivity index (χ2n) is 6.36. The van der Waals surface area contributed by atoms with Crippen LogP contribution in [0.15, 0.2) is 24.3 Å². The molecular weight excluding hydrogens is 268 g/mol. The third-order valence-corrected chi connectivity index (χ3v) is 4.89. The van der Waals surface area contributed by atoms with Crippen LogP contribution >= 0.6 is 11.6 Å². The van der Waals surface area contributed by atoms with Gasteiger partial charge in [-0.1, -0.05) is 44.5 Å². The average Bonchev–Trinajstić information content (AvgIpc) is 2.88. The summed E-state index contributed by atoms with van der Waals surface area (Å²) in [6, 6.07) is 8.66. The van der Waals surface area contributed by atoms with E-state index >= 15 is 0 Å². The monoisotopic (exact) mass is 294 g/mol. The minimum Gasteiger partial charge on any atom is -0.326 e. The molecule has 1 fully saturated rings. The Morgan fingerprint density at radius 2 is 2.15 bits per heavy atom. The molecule has 0 saturated carbocycles. The van der Waals surface area contributed by atoms with Gasteiger partial charge in [0.05, 0.1) is 0 Å². The first-order chi connectivity index (χ1) is 9.52. The summed E-state index contributed by atoms with van der Waals surface area (Å²) in [5.41, 5.74) is 7.68. The number of hydrogen-bond donors (Lipinski definition) is 1. The van der Waals surface area contributed by atoms with E-state index in [1.165, 1.54) is 12.0 Å². The molecule has 1 heterocycles. The minimum absolute atomic E-state index is 0.166. The Bertz CT molecular complexity index is 433. The summed E-state index contributed by atoms with van der Waals surface area (Å²) < 4.78 is 0. The summed E-state index contributed by atoms with van der Waals surface area (Å²) >= 11 is 6.16. The minimum atomic E-state index is 0.166. The second-order valence-corrected chi connectivity index (χ2v) is 6.80. The molecule has 20 heavy (non-hydrogen) atoms. The third-order valence-electron chi connectivity index (χ3n) is 4.66. The molecule has 1 aliphatic heterocycles. The molecule has 0 amide bonds. The van der Waals surface area contributed by atoms with E-state index in [0.717, 1.165) is 36.4 Å². The van der Waals surface area contributed by atoms with Gasteiger partial charge in [-0.25, -0.2) is 0 Å². The molecule has 2 rings (SSSR count). The molecule has 1 saturated heterocycles. The van der Waals surface area contributed by atoms with Gasteiger partial charge in [-0.3, -0.25) is 4.90 Å². The van der Waals surface area contributed by atoms with E-state index < -0.39 is 0 Å². The van der Waals surface area contributed by atoms with E-state index in [2.05, 4.69) is 37.8 Å². The number of nitrogens with zero attached hydrogens (tertiary/aromatic N) is 1. The van der Waals surface area contributed by atoms with Crippen molar-refractivity contribution in [2.24, 2.45) is 17.6 Å². The predicted octanol–water partition coefficient (Wildman–Crippen LogP) is 4.10. The maximum atomic E-state index is 6.42. The number of rotatable bonds is 5. The standard InChI is InChI=1S/C17H27ClN2/c1-4-16(19)17(13-6-5-7-15(18)10-13)20-9-8-14(11-20)12(2)3/h5-7,10,12,14,16-17H,4,8-9,11,19H2,1-3H3. The first kappa shape index (κ1) is 15.8. The van der Waals surface area contributed by atoms with Gasteiger partial charge in [-0.2, -0.15) is 0 Å². The quantitative estimate of drug-likeness (QED) is 0.886. The maximum Gasteiger partial charge on any atom is 0.0499 e. The first-order valence-corrected chi connectivity index (χ1v) is 8.15. The number of likely N-dealkylation sites (tertiary alicyclic amines) is 1. The van der Waals surface area contributed by atoms with Crippen LogP contribution in [0.5, 0.6) is 0 Å². The molecule has 0 spiro atoms. The maximum absolute atomic E-state index is 6.42. The van der Waals surface area contributed by atoms with E-state index in [9.17, 15) is 0 Å². The van der Waals surface area contributed by atoms with Crippen molar-refractivity contribution in [2.45, 2.75) is 45.7 Å². The summed E-state index contributed by atoms with van der Waals surface area (Å²) in [5.74, 6) is 1.54. The lowest BCUT2D eigenvalue weighted by Gasteiger charge is -2.33. The Kier molecular flexibility index (Phi) is 5.48. The summed E-state index contributed by atoms with van der Waals surface area (Å²) in [6.45, 7) is 9.11. The molecule has 0 aromatic heterocycles. The van der Waals surface area contributed by atoms with Crippen LogP contribution in [0.4, 0.5) is 0 Å². The molecule has 1 aliphatic rings. The zero-order valence-corrected chi connectivity index (χ0v) is 13.6. The lowest BCUT2D eigenvalue weighted by atomic mass is 9.94. The van der Waals surface area contributed by atoms with E-state index in [1.54, 1.807) is 0 Å². The fourth-order valence-electron chi connectivity index (χ4n) is 3.25. The van der Waals surface area contributed by atoms with Crippen molar-refractivity contribution >= 4 is 11.6 Å². The summed E-state index contributed by atoms with van der Waals surface area (Å²) in [6.07, 6.45) is 2.27. The van der Waals surface area contributed by atoms with E-state index in [0.29, 0.717) is 6.04 Å². The third kappa shape index (κ3) is 3.55. The normalized spacial score (nSPS) is 23.2. The molecule has 2 N–H and O–H groups in total. The number of hydrogen-bond acceptors (Lipinski definition) is 2. The van der Waals surface area contributed by atoms with Crippen LogP contribution in [0, 0.1) is 11.8 Å². The Morgan fingerprint density at radius 3 is 2.70 bits per heavy atom. The van der Waals surface area contributed by atoms with E-state index in [-0.39, 0.29) is 6.04 Å². The molecule has 3 heteroatoms. The van der Waals surface area contributed by atoms with Gasteiger partial charge >= 0.3 is 0 Å². The van der Waals surface area contributed by atoms with Gasteiger partial charge in [0.15, 0.2) is 0 Å². The smallest absolute Gasteiger partial charge is 0.0499 e. The van der Waals surface area contributed by atoms with Crippen LogP contribution in [-0.4, -0.2) is 24.0 Å². The molecule has 2 nitrogen and oxygen atoms in total. The topological polar surface area (TPSA) is 29.3 Å². The average molecular weight is 295 g/mol. The van der Waals surface area contributed by atoms with Crippen molar-refractivity contribution in [3.8, 4) is 0 Å². The van der Waals surface area contributed by atoms with E-state index in [4.69, 9.17) is 17.3 Å². The molecule has 0 radical (unpaired) electrons. The Hall–Kier alpha value is -0.570. The van der Waals surface area contributed by atoms with Crippen LogP contribution in [0.3, 0.4) is 0 Å². The van der Waals surface area contributed by atoms with Crippen molar-refractivity contribution in [3.63, 3.8) is 0 Å². The van der Waals surface area contributed by atoms with Crippen LogP contribution in [-0.2, 0) is 0 Å². The van der Waals surface area contributed by atoms with Gasteiger partial charge in [-0.05, 0) is 48.9 Å². The molecular formula is C17H27ClN2. The van der Waals surface area contributed by atoms with E-state index in [1.807, 2.05) is 12.1 Å². The van der Waals surface area contributed by atoms with Gasteiger partial charge < -0.3 is 5.73 Å². The van der Waals surface area contributed by atoms with Crippen molar-refractivity contribution in [1.29, 1.82) is 0 Å². The number of benzene rings is 1. The van der Waals surface area contributed by atoms with Gasteiger partial charge in [0.2, 0.25) is 0 Å². The Labute approximate surface area is 128 Å². The van der Waals surface area contributed by atoms with Crippen LogP contribution < -0.4 is 5.73 Å². The zero-order valence-electron chi connectivity index (χ0n) is 12.8. The predicted molar refractivity (Wildman–Crippen MR) is 87.0 cm³/mol. The summed E-state index contributed by atoms with van der Waals surface area (Å²) in [7, 11) is 0. The molecule has 3 unspecified atom stereocenters. The highest BCUT2D eigenvalue weighted by Gasteiger charge is 2.33. The van der Waals surface area contributed by atoms with Crippen molar-refractivity contribution in [2.75, 3.05) is 13.1 Å². The highest BCUT2D eigenvalue weighted by atomic mass is 35.5. The highest BCUT2D eigenvalue weighted by Crippen LogP contribution is 2.34. The molecule has 0 bridgehead atoms. The van der Waals surface area contributed by atoms with Gasteiger partial charge in [0.1, 0.15) is 0 Å². The van der Waals surface area contributed by atoms with Gasteiger partial charge in [0, 0.05) is 23.7 Å². The van der Waals surface area contributed by atoms with Crippen molar-refractivity contribution in [1.82, 2.24) is 4.90 Å². The highest BCUT2D eigenvalue weighted by molar-refractivity contribution is 6.30. The largest absolute Gasteiger partial charge is 0.326 e. The van der Waals surface area contributed by atoms with Crippen molar-refractivity contribution < 1.29 is 0 Å². The lowest BCUT2D eigenvalue weighted by molar-refractivity contribution is 0.196. The molecule has 0 aliphatic carbocycles. The summed E-state index contributed by atoms with van der Waals surface area (Å²) in [5, 5.41) is 0.801. The number of halogens is 1. The molecule has 3 atom stereocenters. The zero-order chi connectivity index (χ0) is 14.7. The second kappa shape index (κ2) is 6.93. The van der Waals surface area contributed by atoms with Crippen LogP contribution in [0.25, 0.3) is 0 Å². The molecule has 1 aromatic rings. The first-order valence-electron chi connectivity index (χ1n) is 7.78. The fraction of sp³-hybridized carbons (Fsp3) is 0.647. The van der Waals surface area contributed by atoms with Crippen LogP contribution in [0.1, 0.15) is 45.2 Å².